The Morgan fingerprint density at radius 3 is 2.46 bits per heavy atom. The van der Waals surface area contributed by atoms with E-state index >= 15 is 0 Å². The van der Waals surface area contributed by atoms with E-state index in [2.05, 4.69) is 15.5 Å². The fourth-order valence-electron chi connectivity index (χ4n) is 3.71. The number of hydrogen-bond donors (Lipinski definition) is 3. The van der Waals surface area contributed by atoms with Crippen LogP contribution in [0.5, 0.6) is 0 Å². The maximum Gasteiger partial charge on any atom is 0.234 e. The Hall–Kier alpha value is -1.22. The van der Waals surface area contributed by atoms with Crippen LogP contribution < -0.4 is 10.6 Å². The summed E-state index contributed by atoms with van der Waals surface area (Å²) in [5.74, 6) is -0.0358. The number of aliphatic hydroxyl groups excluding tert-OH is 1. The number of aliphatic hydroxyl groups is 1. The van der Waals surface area contributed by atoms with Crippen LogP contribution in [0.1, 0.15) is 38.5 Å². The number of carbonyl (C=O) groups is 2. The van der Waals surface area contributed by atoms with Crippen molar-refractivity contribution in [3.05, 3.63) is 0 Å². The Balaban J connectivity index is 1.40. The van der Waals surface area contributed by atoms with Crippen molar-refractivity contribution in [3.8, 4) is 0 Å². The third-order valence-electron chi connectivity index (χ3n) is 5.50. The lowest BCUT2D eigenvalue weighted by atomic mass is 9.92. The van der Waals surface area contributed by atoms with Crippen molar-refractivity contribution in [2.75, 3.05) is 39.5 Å². The van der Waals surface area contributed by atoms with Gasteiger partial charge in [0.1, 0.15) is 6.10 Å². The van der Waals surface area contributed by atoms with Crippen molar-refractivity contribution in [1.82, 2.24) is 15.5 Å². The second kappa shape index (κ2) is 9.64. The maximum atomic E-state index is 12.3. The predicted molar refractivity (Wildman–Crippen MR) is 94.6 cm³/mol. The molecule has 3 rings (SSSR count). The van der Waals surface area contributed by atoms with E-state index in [0.717, 1.165) is 25.9 Å². The van der Waals surface area contributed by atoms with Gasteiger partial charge in [-0.2, -0.15) is 0 Å². The maximum absolute atomic E-state index is 12.3. The third-order valence-corrected chi connectivity index (χ3v) is 5.50. The Labute approximate surface area is 154 Å². The molecule has 3 N–H and O–H groups in total. The lowest BCUT2D eigenvalue weighted by Crippen LogP contribution is -2.54. The Bertz CT molecular complexity index is 479. The minimum absolute atomic E-state index is 0.0196. The molecule has 3 aliphatic rings. The molecule has 0 bridgehead atoms. The summed E-state index contributed by atoms with van der Waals surface area (Å²) in [5, 5.41) is 15.6. The normalized spacial score (nSPS) is 30.4. The van der Waals surface area contributed by atoms with Gasteiger partial charge in [-0.25, -0.2) is 0 Å². The molecule has 3 atom stereocenters. The van der Waals surface area contributed by atoms with Crippen LogP contribution in [0.4, 0.5) is 0 Å². The topological polar surface area (TPSA) is 100 Å². The summed E-state index contributed by atoms with van der Waals surface area (Å²) in [4.78, 5) is 26.4. The van der Waals surface area contributed by atoms with E-state index in [4.69, 9.17) is 9.47 Å². The van der Waals surface area contributed by atoms with E-state index in [1.165, 1.54) is 6.42 Å². The summed E-state index contributed by atoms with van der Waals surface area (Å²) in [7, 11) is 0. The highest BCUT2D eigenvalue weighted by molar-refractivity contribution is 5.78. The molecule has 8 heteroatoms. The SMILES string of the molecule is O=C(C[C@@H]1CC[C@@H](NC(=O)CN2CCOCC2)[C@@H](CO)O1)NC1CCC1. The highest BCUT2D eigenvalue weighted by Crippen LogP contribution is 2.23. The molecule has 2 saturated heterocycles. The number of ether oxygens (including phenoxy) is 2. The van der Waals surface area contributed by atoms with Crippen LogP contribution in [0.25, 0.3) is 0 Å². The fourth-order valence-corrected chi connectivity index (χ4v) is 3.71. The molecular weight excluding hydrogens is 338 g/mol. The second-order valence-corrected chi connectivity index (χ2v) is 7.52. The van der Waals surface area contributed by atoms with Gasteiger partial charge in [0.25, 0.3) is 0 Å². The van der Waals surface area contributed by atoms with Crippen LogP contribution in [0, 0.1) is 0 Å². The summed E-state index contributed by atoms with van der Waals surface area (Å²) < 4.78 is 11.2. The molecule has 0 spiro atoms. The van der Waals surface area contributed by atoms with E-state index in [9.17, 15) is 14.7 Å². The molecule has 0 aromatic rings. The molecule has 0 aromatic heterocycles. The van der Waals surface area contributed by atoms with Gasteiger partial charge < -0.3 is 25.2 Å². The van der Waals surface area contributed by atoms with Crippen LogP contribution in [0.3, 0.4) is 0 Å². The first-order valence-corrected chi connectivity index (χ1v) is 9.79. The summed E-state index contributed by atoms with van der Waals surface area (Å²) in [6.45, 7) is 3.01. The molecule has 3 fully saturated rings. The van der Waals surface area contributed by atoms with E-state index in [1.807, 2.05) is 0 Å². The molecule has 2 heterocycles. The number of nitrogens with zero attached hydrogens (tertiary/aromatic N) is 1. The van der Waals surface area contributed by atoms with Gasteiger partial charge in [-0.3, -0.25) is 14.5 Å². The summed E-state index contributed by atoms with van der Waals surface area (Å²) in [6, 6.07) is 0.117. The fraction of sp³-hybridized carbons (Fsp3) is 0.889. The van der Waals surface area contributed by atoms with Gasteiger partial charge >= 0.3 is 0 Å². The van der Waals surface area contributed by atoms with Crippen molar-refractivity contribution < 1.29 is 24.2 Å². The summed E-state index contributed by atoms with van der Waals surface area (Å²) in [6.07, 6.45) is 4.39. The number of nitrogens with one attached hydrogen (secondary N) is 2. The van der Waals surface area contributed by atoms with Gasteiger partial charge in [0.15, 0.2) is 0 Å². The first kappa shape index (κ1) is 19.5. The highest BCUT2D eigenvalue weighted by Gasteiger charge is 2.33. The zero-order valence-corrected chi connectivity index (χ0v) is 15.3. The van der Waals surface area contributed by atoms with Crippen LogP contribution in [-0.2, 0) is 19.1 Å². The minimum Gasteiger partial charge on any atom is -0.394 e. The molecule has 0 unspecified atom stereocenters. The lowest BCUT2D eigenvalue weighted by Gasteiger charge is -2.37. The Morgan fingerprint density at radius 2 is 1.81 bits per heavy atom. The number of amides is 2. The average molecular weight is 369 g/mol. The van der Waals surface area contributed by atoms with Crippen molar-refractivity contribution in [2.45, 2.75) is 62.8 Å². The first-order chi connectivity index (χ1) is 12.6. The van der Waals surface area contributed by atoms with Crippen LogP contribution in [0.15, 0.2) is 0 Å². The van der Waals surface area contributed by atoms with E-state index in [1.54, 1.807) is 0 Å². The second-order valence-electron chi connectivity index (χ2n) is 7.52. The van der Waals surface area contributed by atoms with E-state index in [-0.39, 0.29) is 30.6 Å². The van der Waals surface area contributed by atoms with Crippen molar-refractivity contribution in [2.24, 2.45) is 0 Å². The Kier molecular flexibility index (Phi) is 7.24. The first-order valence-electron chi connectivity index (χ1n) is 9.79. The van der Waals surface area contributed by atoms with Crippen molar-refractivity contribution in [3.63, 3.8) is 0 Å². The molecule has 2 aliphatic heterocycles. The summed E-state index contributed by atoms with van der Waals surface area (Å²) in [5.41, 5.74) is 0. The van der Waals surface area contributed by atoms with Crippen LogP contribution in [0.2, 0.25) is 0 Å². The van der Waals surface area contributed by atoms with Crippen LogP contribution in [-0.4, -0.2) is 85.6 Å². The average Bonchev–Trinajstić information content (AvgIpc) is 2.60. The predicted octanol–water partition coefficient (Wildman–Crippen LogP) is -0.598. The van der Waals surface area contributed by atoms with Gasteiger partial charge in [0, 0.05) is 19.1 Å². The van der Waals surface area contributed by atoms with Gasteiger partial charge in [-0.05, 0) is 32.1 Å². The highest BCUT2D eigenvalue weighted by atomic mass is 16.5. The van der Waals surface area contributed by atoms with Gasteiger partial charge in [0.2, 0.25) is 11.8 Å². The molecule has 0 radical (unpaired) electrons. The molecule has 1 saturated carbocycles. The number of carbonyl (C=O) groups excluding carboxylic acids is 2. The summed E-state index contributed by atoms with van der Waals surface area (Å²) >= 11 is 0. The van der Waals surface area contributed by atoms with Gasteiger partial charge in [-0.1, -0.05) is 0 Å². The molecule has 8 nitrogen and oxygen atoms in total. The smallest absolute Gasteiger partial charge is 0.234 e. The van der Waals surface area contributed by atoms with Crippen molar-refractivity contribution in [1.29, 1.82) is 0 Å². The molecule has 0 aromatic carbocycles. The molecule has 1 aliphatic carbocycles. The largest absolute Gasteiger partial charge is 0.394 e. The van der Waals surface area contributed by atoms with Crippen molar-refractivity contribution >= 4 is 11.8 Å². The van der Waals surface area contributed by atoms with Gasteiger partial charge in [-0.15, -0.1) is 0 Å². The Morgan fingerprint density at radius 1 is 1.04 bits per heavy atom. The van der Waals surface area contributed by atoms with Crippen LogP contribution >= 0.6 is 0 Å². The quantitative estimate of drug-likeness (QED) is 0.554. The third kappa shape index (κ3) is 5.64. The minimum atomic E-state index is -0.459. The van der Waals surface area contributed by atoms with Gasteiger partial charge in [0.05, 0.1) is 44.9 Å². The zero-order chi connectivity index (χ0) is 18.4. The molecule has 26 heavy (non-hydrogen) atoms. The standard InChI is InChI=1S/C18H31N3O5/c22-12-16-15(20-18(24)11-21-6-8-25-9-7-21)5-4-14(26-16)10-17(23)19-13-2-1-3-13/h13-16,22H,1-12H2,(H,19,23)(H,20,24)/t14-,15+,16+/m0/s1. The molecule has 2 amide bonds. The number of morpholine rings is 1. The molecule has 148 valence electrons. The number of hydrogen-bond acceptors (Lipinski definition) is 6. The zero-order valence-electron chi connectivity index (χ0n) is 15.3. The van der Waals surface area contributed by atoms with E-state index < -0.39 is 6.10 Å². The molecular formula is C18H31N3O5. The number of rotatable bonds is 7. The lowest BCUT2D eigenvalue weighted by molar-refractivity contribution is -0.137. The van der Waals surface area contributed by atoms with E-state index in [0.29, 0.717) is 45.1 Å². The monoisotopic (exact) mass is 369 g/mol.